The minimum Gasteiger partial charge on any atom is -0.356 e. The zero-order valence-corrected chi connectivity index (χ0v) is 16.5. The number of carbonyl (C=O) groups is 1. The second kappa shape index (κ2) is 5.77. The molecular formula is C21H34O4. The lowest BCUT2D eigenvalue weighted by Gasteiger charge is -2.65. The summed E-state index contributed by atoms with van der Waals surface area (Å²) in [6.45, 7) is 9.22. The van der Waals surface area contributed by atoms with Crippen molar-refractivity contribution in [1.82, 2.24) is 0 Å². The molecule has 0 aromatic carbocycles. The second-order valence-corrected chi connectivity index (χ2v) is 9.92. The lowest BCUT2D eigenvalue weighted by atomic mass is 9.43. The number of ether oxygens (including phenoxy) is 3. The molecule has 4 nitrogen and oxygen atoms in total. The van der Waals surface area contributed by atoms with E-state index in [1.54, 1.807) is 7.11 Å². The van der Waals surface area contributed by atoms with E-state index in [-0.39, 0.29) is 34.9 Å². The average molecular weight is 350 g/mol. The Hall–Kier alpha value is -0.450. The molecule has 0 amide bonds. The normalized spacial score (nSPS) is 52.0. The zero-order chi connectivity index (χ0) is 18.0. The molecule has 4 fully saturated rings. The van der Waals surface area contributed by atoms with E-state index in [1.807, 2.05) is 0 Å². The van der Waals surface area contributed by atoms with Gasteiger partial charge in [0.15, 0.2) is 12.6 Å². The maximum atomic E-state index is 13.0. The molecule has 4 heteroatoms. The van der Waals surface area contributed by atoms with Gasteiger partial charge in [-0.25, -0.2) is 0 Å². The van der Waals surface area contributed by atoms with Gasteiger partial charge >= 0.3 is 0 Å². The summed E-state index contributed by atoms with van der Waals surface area (Å²) in [4.78, 5) is 13.0. The van der Waals surface area contributed by atoms with E-state index >= 15 is 0 Å². The first kappa shape index (κ1) is 17.9. The van der Waals surface area contributed by atoms with E-state index in [1.165, 1.54) is 12.8 Å². The van der Waals surface area contributed by atoms with Gasteiger partial charge in [0, 0.05) is 37.2 Å². The van der Waals surface area contributed by atoms with Crippen LogP contribution in [0.1, 0.15) is 72.6 Å². The quantitative estimate of drug-likeness (QED) is 0.707. The SMILES string of the molecule is CO[C@H]1CC2CC[C@@]3(OC2O1)[C@H](C)C(=O)CC1C(C)(C)CCC[C@@]13C. The summed E-state index contributed by atoms with van der Waals surface area (Å²) in [7, 11) is 1.70. The van der Waals surface area contributed by atoms with Gasteiger partial charge in [-0.05, 0) is 37.0 Å². The van der Waals surface area contributed by atoms with Gasteiger partial charge in [0.1, 0.15) is 5.78 Å². The molecule has 2 aliphatic heterocycles. The van der Waals surface area contributed by atoms with Gasteiger partial charge in [-0.2, -0.15) is 0 Å². The van der Waals surface area contributed by atoms with E-state index in [0.717, 1.165) is 25.7 Å². The van der Waals surface area contributed by atoms with E-state index in [2.05, 4.69) is 27.7 Å². The topological polar surface area (TPSA) is 44.8 Å². The third-order valence-corrected chi connectivity index (χ3v) is 8.43. The Balaban J connectivity index is 1.72. The minimum absolute atomic E-state index is 0.0432. The fourth-order valence-electron chi connectivity index (χ4n) is 6.87. The highest BCUT2D eigenvalue weighted by atomic mass is 16.8. The third kappa shape index (κ3) is 2.40. The monoisotopic (exact) mass is 350 g/mol. The average Bonchev–Trinajstić information content (AvgIpc) is 2.97. The molecule has 0 bridgehead atoms. The number of ketones is 1. The largest absolute Gasteiger partial charge is 0.356 e. The first-order chi connectivity index (χ1) is 11.7. The summed E-state index contributed by atoms with van der Waals surface area (Å²) < 4.78 is 18.3. The number of hydrogen-bond acceptors (Lipinski definition) is 4. The summed E-state index contributed by atoms with van der Waals surface area (Å²) in [6.07, 6.45) is 6.89. The Kier molecular flexibility index (Phi) is 4.14. The van der Waals surface area contributed by atoms with Crippen LogP contribution in [0.3, 0.4) is 0 Å². The van der Waals surface area contributed by atoms with E-state index in [0.29, 0.717) is 24.0 Å². The van der Waals surface area contributed by atoms with Crippen LogP contribution in [0.5, 0.6) is 0 Å². The third-order valence-electron chi connectivity index (χ3n) is 8.43. The van der Waals surface area contributed by atoms with E-state index in [4.69, 9.17) is 14.2 Å². The van der Waals surface area contributed by atoms with Crippen LogP contribution in [-0.4, -0.2) is 31.1 Å². The van der Waals surface area contributed by atoms with Gasteiger partial charge in [0.25, 0.3) is 0 Å². The lowest BCUT2D eigenvalue weighted by Crippen LogP contribution is -2.68. The van der Waals surface area contributed by atoms with Gasteiger partial charge < -0.3 is 14.2 Å². The van der Waals surface area contributed by atoms with Crippen LogP contribution < -0.4 is 0 Å². The Labute approximate surface area is 152 Å². The Bertz CT molecular complexity index is 558. The van der Waals surface area contributed by atoms with Crippen LogP contribution >= 0.6 is 0 Å². The number of rotatable bonds is 1. The smallest absolute Gasteiger partial charge is 0.164 e. The summed E-state index contributed by atoms with van der Waals surface area (Å²) in [5.74, 6) is 1.14. The Morgan fingerprint density at radius 3 is 2.64 bits per heavy atom. The van der Waals surface area contributed by atoms with Crippen molar-refractivity contribution >= 4 is 5.78 Å². The number of carbonyl (C=O) groups excluding carboxylic acids is 1. The molecule has 0 aromatic rings. The molecule has 3 unspecified atom stereocenters. The number of fused-ring (bicyclic) bond motifs is 3. The standard InChI is InChI=1S/C21H34O4/c1-13-15(22)12-16-19(2,3)8-6-9-20(16,4)21(13)10-7-14-11-17(23-5)24-18(14)25-21/h13-14,16-18H,6-12H2,1-5H3/t13-,14?,16?,17-,18?,20+,21-/m1/s1. The van der Waals surface area contributed by atoms with Crippen LogP contribution in [0.15, 0.2) is 0 Å². The van der Waals surface area contributed by atoms with Gasteiger partial charge in [0.2, 0.25) is 0 Å². The first-order valence-electron chi connectivity index (χ1n) is 10.1. The molecule has 0 N–H and O–H groups in total. The molecule has 0 aromatic heterocycles. The van der Waals surface area contributed by atoms with Crippen molar-refractivity contribution in [2.75, 3.05) is 7.11 Å². The first-order valence-corrected chi connectivity index (χ1v) is 10.1. The fraction of sp³-hybridized carbons (Fsp3) is 0.952. The molecule has 2 heterocycles. The minimum atomic E-state index is -0.380. The molecule has 2 saturated carbocycles. The molecule has 25 heavy (non-hydrogen) atoms. The van der Waals surface area contributed by atoms with Gasteiger partial charge in [-0.3, -0.25) is 4.79 Å². The summed E-state index contributed by atoms with van der Waals surface area (Å²) >= 11 is 0. The van der Waals surface area contributed by atoms with E-state index < -0.39 is 0 Å². The molecular weight excluding hydrogens is 316 g/mol. The van der Waals surface area contributed by atoms with E-state index in [9.17, 15) is 4.79 Å². The Morgan fingerprint density at radius 2 is 1.92 bits per heavy atom. The van der Waals surface area contributed by atoms with Crippen LogP contribution in [0.2, 0.25) is 0 Å². The van der Waals surface area contributed by atoms with Crippen molar-refractivity contribution in [3.05, 3.63) is 0 Å². The molecule has 1 spiro atoms. The highest BCUT2D eigenvalue weighted by Crippen LogP contribution is 2.66. The highest BCUT2D eigenvalue weighted by molar-refractivity contribution is 5.84. The number of methoxy groups -OCH3 is 1. The molecule has 7 atom stereocenters. The van der Waals surface area contributed by atoms with Crippen molar-refractivity contribution in [3.63, 3.8) is 0 Å². The molecule has 2 saturated heterocycles. The van der Waals surface area contributed by atoms with Crippen molar-refractivity contribution in [2.45, 2.75) is 90.8 Å². The van der Waals surface area contributed by atoms with Crippen molar-refractivity contribution in [3.8, 4) is 0 Å². The van der Waals surface area contributed by atoms with Crippen molar-refractivity contribution in [2.24, 2.45) is 28.6 Å². The maximum absolute atomic E-state index is 13.0. The predicted octanol–water partition coefficient (Wildman–Crippen LogP) is 4.31. The fourth-order valence-corrected chi connectivity index (χ4v) is 6.87. The summed E-state index contributed by atoms with van der Waals surface area (Å²) in [6, 6.07) is 0. The molecule has 142 valence electrons. The maximum Gasteiger partial charge on any atom is 0.164 e. The van der Waals surface area contributed by atoms with Crippen LogP contribution in [0.4, 0.5) is 0 Å². The Morgan fingerprint density at radius 1 is 1.16 bits per heavy atom. The van der Waals surface area contributed by atoms with Crippen LogP contribution in [0.25, 0.3) is 0 Å². The summed E-state index contributed by atoms with van der Waals surface area (Å²) in [5.41, 5.74) is -0.141. The molecule has 4 rings (SSSR count). The number of hydrogen-bond donors (Lipinski definition) is 0. The number of Topliss-reactive ketones (excluding diaryl/α,β-unsaturated/α-hetero) is 1. The second-order valence-electron chi connectivity index (χ2n) is 9.92. The predicted molar refractivity (Wildman–Crippen MR) is 94.8 cm³/mol. The molecule has 0 radical (unpaired) electrons. The van der Waals surface area contributed by atoms with Crippen LogP contribution in [-0.2, 0) is 19.0 Å². The van der Waals surface area contributed by atoms with Gasteiger partial charge in [-0.1, -0.05) is 34.1 Å². The summed E-state index contributed by atoms with van der Waals surface area (Å²) in [5, 5.41) is 0. The lowest BCUT2D eigenvalue weighted by molar-refractivity contribution is -0.323. The van der Waals surface area contributed by atoms with Crippen LogP contribution in [0, 0.1) is 28.6 Å². The zero-order valence-electron chi connectivity index (χ0n) is 16.5. The van der Waals surface area contributed by atoms with Crippen molar-refractivity contribution in [1.29, 1.82) is 0 Å². The molecule has 2 aliphatic carbocycles. The van der Waals surface area contributed by atoms with Gasteiger partial charge in [0.05, 0.1) is 5.60 Å². The van der Waals surface area contributed by atoms with Gasteiger partial charge in [-0.15, -0.1) is 0 Å². The molecule has 4 aliphatic rings. The highest BCUT2D eigenvalue weighted by Gasteiger charge is 2.67. The van der Waals surface area contributed by atoms with Crippen molar-refractivity contribution < 1.29 is 19.0 Å².